The molecule has 0 atom stereocenters. The summed E-state index contributed by atoms with van der Waals surface area (Å²) in [7, 11) is 0. The molecule has 1 aromatic heterocycles. The lowest BCUT2D eigenvalue weighted by atomic mass is 10.2. The Balaban J connectivity index is 2.08. The fourth-order valence-corrected chi connectivity index (χ4v) is 1.54. The van der Waals surface area contributed by atoms with E-state index in [1.807, 2.05) is 0 Å². The van der Waals surface area contributed by atoms with Gasteiger partial charge in [-0.2, -0.15) is 0 Å². The Morgan fingerprint density at radius 1 is 1.21 bits per heavy atom. The van der Waals surface area contributed by atoms with Crippen LogP contribution in [0.4, 0.5) is 13.2 Å². The van der Waals surface area contributed by atoms with Crippen molar-refractivity contribution in [2.45, 2.75) is 13.5 Å². The van der Waals surface area contributed by atoms with Gasteiger partial charge in [0.2, 0.25) is 0 Å². The second-order valence-electron chi connectivity index (χ2n) is 3.95. The molecule has 1 aromatic carbocycles. The van der Waals surface area contributed by atoms with Crippen molar-refractivity contribution in [3.05, 3.63) is 58.8 Å². The van der Waals surface area contributed by atoms with E-state index in [4.69, 9.17) is 4.42 Å². The van der Waals surface area contributed by atoms with E-state index in [0.717, 1.165) is 0 Å². The van der Waals surface area contributed by atoms with E-state index in [0.29, 0.717) is 23.7 Å². The van der Waals surface area contributed by atoms with Crippen LogP contribution in [-0.2, 0) is 6.54 Å². The summed E-state index contributed by atoms with van der Waals surface area (Å²) < 4.78 is 43.9. The number of carbonyl (C=O) groups excluding carboxylic acids is 1. The first kappa shape index (κ1) is 13.2. The third-order valence-corrected chi connectivity index (χ3v) is 2.47. The molecule has 2 aromatic rings. The van der Waals surface area contributed by atoms with Gasteiger partial charge in [-0.05, 0) is 31.2 Å². The van der Waals surface area contributed by atoms with Gasteiger partial charge in [0.25, 0.3) is 5.91 Å². The van der Waals surface area contributed by atoms with Gasteiger partial charge in [-0.1, -0.05) is 0 Å². The lowest BCUT2D eigenvalue weighted by Gasteiger charge is -2.04. The van der Waals surface area contributed by atoms with Crippen LogP contribution >= 0.6 is 0 Å². The largest absolute Gasteiger partial charge is 0.465 e. The van der Waals surface area contributed by atoms with E-state index in [-0.39, 0.29) is 12.1 Å². The number of benzene rings is 1. The van der Waals surface area contributed by atoms with Gasteiger partial charge in [0, 0.05) is 5.56 Å². The predicted molar refractivity (Wildman–Crippen MR) is 60.9 cm³/mol. The Bertz CT molecular complexity index is 599. The monoisotopic (exact) mass is 269 g/mol. The number of furan rings is 1. The molecule has 100 valence electrons. The maximum atomic E-state index is 13.0. The van der Waals surface area contributed by atoms with Crippen molar-refractivity contribution < 1.29 is 22.4 Å². The van der Waals surface area contributed by atoms with Gasteiger partial charge in [0.1, 0.15) is 11.5 Å². The van der Waals surface area contributed by atoms with Gasteiger partial charge in [-0.15, -0.1) is 0 Å². The zero-order valence-corrected chi connectivity index (χ0v) is 9.97. The Kier molecular flexibility index (Phi) is 3.59. The molecule has 0 aliphatic carbocycles. The second-order valence-corrected chi connectivity index (χ2v) is 3.95. The first-order valence-electron chi connectivity index (χ1n) is 5.45. The zero-order valence-electron chi connectivity index (χ0n) is 9.97. The molecule has 0 radical (unpaired) electrons. The summed E-state index contributed by atoms with van der Waals surface area (Å²) in [5.74, 6) is -3.93. The number of carbonyl (C=O) groups is 1. The molecule has 0 spiro atoms. The highest BCUT2D eigenvalue weighted by Gasteiger charge is 2.15. The molecule has 0 bridgehead atoms. The summed E-state index contributed by atoms with van der Waals surface area (Å²) in [4.78, 5) is 11.6. The zero-order chi connectivity index (χ0) is 14.0. The van der Waals surface area contributed by atoms with Crippen LogP contribution in [0.15, 0.2) is 28.7 Å². The minimum atomic E-state index is -1.60. The lowest BCUT2D eigenvalue weighted by molar-refractivity contribution is 0.0946. The molecule has 2 rings (SSSR count). The van der Waals surface area contributed by atoms with Gasteiger partial charge >= 0.3 is 0 Å². The molecule has 0 unspecified atom stereocenters. The number of hydrogen-bond acceptors (Lipinski definition) is 2. The smallest absolute Gasteiger partial charge is 0.251 e. The van der Waals surface area contributed by atoms with Crippen molar-refractivity contribution in [3.8, 4) is 0 Å². The Labute approximate surface area is 107 Å². The quantitative estimate of drug-likeness (QED) is 0.870. The van der Waals surface area contributed by atoms with Crippen molar-refractivity contribution in [1.29, 1.82) is 0 Å². The molecular formula is C13H10F3NO2. The van der Waals surface area contributed by atoms with Gasteiger partial charge in [0.15, 0.2) is 17.5 Å². The van der Waals surface area contributed by atoms with Crippen LogP contribution < -0.4 is 5.32 Å². The first-order chi connectivity index (χ1) is 8.97. The van der Waals surface area contributed by atoms with Gasteiger partial charge in [0.05, 0.1) is 6.54 Å². The minimum absolute atomic E-state index is 0.0767. The highest BCUT2D eigenvalue weighted by Crippen LogP contribution is 2.14. The van der Waals surface area contributed by atoms with Crippen LogP contribution in [-0.4, -0.2) is 5.91 Å². The van der Waals surface area contributed by atoms with Crippen LogP contribution in [0.1, 0.15) is 21.9 Å². The first-order valence-corrected chi connectivity index (χ1v) is 5.45. The number of hydrogen-bond donors (Lipinski definition) is 1. The standard InChI is InChI=1S/C13H10F3NO2/c1-7-2-3-9(19-7)6-17-13(18)8-4-10(14)12(16)11(15)5-8/h2-5H,6H2,1H3,(H,17,18). The van der Waals surface area contributed by atoms with Crippen LogP contribution in [0.5, 0.6) is 0 Å². The number of halogens is 3. The van der Waals surface area contributed by atoms with Crippen molar-refractivity contribution in [2.75, 3.05) is 0 Å². The Morgan fingerprint density at radius 2 is 1.84 bits per heavy atom. The molecular weight excluding hydrogens is 259 g/mol. The molecule has 0 aliphatic heterocycles. The number of aryl methyl sites for hydroxylation is 1. The van der Waals surface area contributed by atoms with Crippen molar-refractivity contribution >= 4 is 5.91 Å². The summed E-state index contributed by atoms with van der Waals surface area (Å²) >= 11 is 0. The second kappa shape index (κ2) is 5.17. The highest BCUT2D eigenvalue weighted by molar-refractivity contribution is 5.94. The van der Waals surface area contributed by atoms with Gasteiger partial charge in [-0.3, -0.25) is 4.79 Å². The highest BCUT2D eigenvalue weighted by atomic mass is 19.2. The molecule has 0 saturated carbocycles. The van der Waals surface area contributed by atoms with Crippen LogP contribution in [0, 0.1) is 24.4 Å². The molecule has 6 heteroatoms. The molecule has 0 fully saturated rings. The normalized spacial score (nSPS) is 10.5. The van der Waals surface area contributed by atoms with E-state index >= 15 is 0 Å². The van der Waals surface area contributed by atoms with E-state index in [1.165, 1.54) is 0 Å². The van der Waals surface area contributed by atoms with Crippen molar-refractivity contribution in [1.82, 2.24) is 5.32 Å². The van der Waals surface area contributed by atoms with Gasteiger partial charge < -0.3 is 9.73 Å². The minimum Gasteiger partial charge on any atom is -0.465 e. The predicted octanol–water partition coefficient (Wildman–Crippen LogP) is 2.94. The van der Waals surface area contributed by atoms with Crippen molar-refractivity contribution in [2.24, 2.45) is 0 Å². The van der Waals surface area contributed by atoms with E-state index in [9.17, 15) is 18.0 Å². The summed E-state index contributed by atoms with van der Waals surface area (Å²) in [6.45, 7) is 1.82. The van der Waals surface area contributed by atoms with Crippen molar-refractivity contribution in [3.63, 3.8) is 0 Å². The van der Waals surface area contributed by atoms with Crippen LogP contribution in [0.3, 0.4) is 0 Å². The van der Waals surface area contributed by atoms with E-state index in [2.05, 4.69) is 5.32 Å². The maximum Gasteiger partial charge on any atom is 0.251 e. The average molecular weight is 269 g/mol. The lowest BCUT2D eigenvalue weighted by Crippen LogP contribution is -2.23. The molecule has 1 N–H and O–H groups in total. The third-order valence-electron chi connectivity index (χ3n) is 2.47. The van der Waals surface area contributed by atoms with Gasteiger partial charge in [-0.25, -0.2) is 13.2 Å². The molecule has 19 heavy (non-hydrogen) atoms. The number of nitrogens with one attached hydrogen (secondary N) is 1. The van der Waals surface area contributed by atoms with E-state index < -0.39 is 23.4 Å². The molecule has 3 nitrogen and oxygen atoms in total. The number of rotatable bonds is 3. The molecule has 1 amide bonds. The number of amides is 1. The van der Waals surface area contributed by atoms with Crippen LogP contribution in [0.25, 0.3) is 0 Å². The summed E-state index contributed by atoms with van der Waals surface area (Å²) in [6, 6.07) is 4.67. The average Bonchev–Trinajstić information content (AvgIpc) is 2.78. The summed E-state index contributed by atoms with van der Waals surface area (Å²) in [5, 5.41) is 2.41. The fraction of sp³-hybridized carbons (Fsp3) is 0.154. The summed E-state index contributed by atoms with van der Waals surface area (Å²) in [6.07, 6.45) is 0. The Morgan fingerprint density at radius 3 is 2.37 bits per heavy atom. The molecule has 1 heterocycles. The molecule has 0 saturated heterocycles. The SMILES string of the molecule is Cc1ccc(CNC(=O)c2cc(F)c(F)c(F)c2)o1. The summed E-state index contributed by atoms with van der Waals surface area (Å²) in [5.41, 5.74) is -0.292. The fourth-order valence-electron chi connectivity index (χ4n) is 1.54. The topological polar surface area (TPSA) is 42.2 Å². The molecule has 0 aliphatic rings. The van der Waals surface area contributed by atoms with E-state index in [1.54, 1.807) is 19.1 Å². The Hall–Kier alpha value is -2.24. The maximum absolute atomic E-state index is 13.0. The third kappa shape index (κ3) is 2.96. The van der Waals surface area contributed by atoms with Crippen LogP contribution in [0.2, 0.25) is 0 Å².